The van der Waals surface area contributed by atoms with Crippen LogP contribution in [0.1, 0.15) is 36.2 Å². The highest BCUT2D eigenvalue weighted by molar-refractivity contribution is 5.92. The lowest BCUT2D eigenvalue weighted by molar-refractivity contribution is 0.0640. The maximum Gasteiger partial charge on any atom is 0.292 e. The molecule has 0 radical (unpaired) electrons. The normalized spacial score (nSPS) is 26.2. The summed E-state index contributed by atoms with van der Waals surface area (Å²) in [5, 5.41) is 7.58. The van der Waals surface area contributed by atoms with Crippen LogP contribution in [0.25, 0.3) is 11.4 Å². The van der Waals surface area contributed by atoms with Crippen molar-refractivity contribution in [1.82, 2.24) is 20.4 Å². The number of rotatable bonds is 3. The Morgan fingerprint density at radius 3 is 2.74 bits per heavy atom. The van der Waals surface area contributed by atoms with Crippen LogP contribution < -0.4 is 5.32 Å². The molecule has 4 rings (SSSR count). The molecular weight excluding hydrogens is 292 g/mol. The van der Waals surface area contributed by atoms with Gasteiger partial charge in [0.05, 0.1) is 5.69 Å². The lowest BCUT2D eigenvalue weighted by atomic mass is 9.98. The Bertz CT molecular complexity index is 688. The van der Waals surface area contributed by atoms with Gasteiger partial charge in [-0.15, -0.1) is 0 Å². The van der Waals surface area contributed by atoms with Gasteiger partial charge in [-0.25, -0.2) is 0 Å². The molecule has 2 aliphatic heterocycles. The molecule has 23 heavy (non-hydrogen) atoms. The molecule has 2 unspecified atom stereocenters. The van der Waals surface area contributed by atoms with E-state index in [1.54, 1.807) is 12.3 Å². The van der Waals surface area contributed by atoms with Crippen LogP contribution in [0.4, 0.5) is 0 Å². The van der Waals surface area contributed by atoms with Crippen LogP contribution in [0.3, 0.4) is 0 Å². The van der Waals surface area contributed by atoms with Crippen molar-refractivity contribution in [2.24, 2.45) is 0 Å². The number of carbonyl (C=O) groups excluding carboxylic acids is 1. The van der Waals surface area contributed by atoms with E-state index < -0.39 is 0 Å². The van der Waals surface area contributed by atoms with Gasteiger partial charge in [0.15, 0.2) is 0 Å². The average Bonchev–Trinajstić information content (AvgIpc) is 3.21. The number of hydrogen-bond acceptors (Lipinski definition) is 5. The molecule has 1 N–H and O–H groups in total. The lowest BCUT2D eigenvalue weighted by Gasteiger charge is -2.35. The van der Waals surface area contributed by atoms with Crippen molar-refractivity contribution in [3.63, 3.8) is 0 Å². The van der Waals surface area contributed by atoms with Gasteiger partial charge < -0.3 is 14.7 Å². The zero-order valence-electron chi connectivity index (χ0n) is 13.1. The number of pyridine rings is 1. The standard InChI is InChI=1S/C17H20N4O2/c1-21(13-8-11-5-6-12(9-13)19-11)17(22)16-10-15(20-23-16)14-4-2-3-7-18-14/h2-4,7,10-13,19H,5-6,8-9H2,1H3. The molecule has 2 bridgehead atoms. The summed E-state index contributed by atoms with van der Waals surface area (Å²) in [5.74, 6) is 0.171. The van der Waals surface area contributed by atoms with Gasteiger partial charge in [-0.3, -0.25) is 9.78 Å². The summed E-state index contributed by atoms with van der Waals surface area (Å²) in [4.78, 5) is 18.7. The van der Waals surface area contributed by atoms with E-state index in [1.807, 2.05) is 30.1 Å². The van der Waals surface area contributed by atoms with Gasteiger partial charge in [0.2, 0.25) is 5.76 Å². The third-order valence-corrected chi connectivity index (χ3v) is 4.96. The van der Waals surface area contributed by atoms with E-state index in [1.165, 1.54) is 12.8 Å². The summed E-state index contributed by atoms with van der Waals surface area (Å²) < 4.78 is 5.27. The van der Waals surface area contributed by atoms with E-state index in [9.17, 15) is 4.79 Å². The number of aromatic nitrogens is 2. The number of hydrogen-bond donors (Lipinski definition) is 1. The molecule has 0 aliphatic carbocycles. The third-order valence-electron chi connectivity index (χ3n) is 4.96. The molecule has 2 aliphatic rings. The Morgan fingerprint density at radius 2 is 2.04 bits per heavy atom. The Morgan fingerprint density at radius 1 is 1.26 bits per heavy atom. The first-order chi connectivity index (χ1) is 11.2. The fourth-order valence-electron chi connectivity index (χ4n) is 3.69. The molecule has 2 aromatic heterocycles. The molecule has 2 fully saturated rings. The fraction of sp³-hybridized carbons (Fsp3) is 0.471. The molecular formula is C17H20N4O2. The number of carbonyl (C=O) groups is 1. The van der Waals surface area contributed by atoms with E-state index >= 15 is 0 Å². The van der Waals surface area contributed by atoms with Gasteiger partial charge in [-0.05, 0) is 37.8 Å². The third kappa shape index (κ3) is 2.74. The summed E-state index contributed by atoms with van der Waals surface area (Å²) in [7, 11) is 1.86. The van der Waals surface area contributed by atoms with Crippen LogP contribution in [-0.4, -0.2) is 46.1 Å². The van der Waals surface area contributed by atoms with Crippen molar-refractivity contribution in [2.45, 2.75) is 43.8 Å². The molecule has 6 nitrogen and oxygen atoms in total. The number of amides is 1. The Hall–Kier alpha value is -2.21. The second-order valence-corrected chi connectivity index (χ2v) is 6.47. The Balaban J connectivity index is 1.49. The quantitative estimate of drug-likeness (QED) is 0.939. The summed E-state index contributed by atoms with van der Waals surface area (Å²) >= 11 is 0. The van der Waals surface area contributed by atoms with Crippen molar-refractivity contribution in [1.29, 1.82) is 0 Å². The molecule has 0 aromatic carbocycles. The molecule has 0 saturated carbocycles. The van der Waals surface area contributed by atoms with E-state index in [-0.39, 0.29) is 17.7 Å². The van der Waals surface area contributed by atoms with E-state index in [4.69, 9.17) is 4.52 Å². The van der Waals surface area contributed by atoms with Crippen molar-refractivity contribution in [3.8, 4) is 11.4 Å². The van der Waals surface area contributed by atoms with Crippen LogP contribution in [0, 0.1) is 0 Å². The second kappa shape index (κ2) is 5.77. The predicted octanol–water partition coefficient (Wildman–Crippen LogP) is 2.09. The van der Waals surface area contributed by atoms with Crippen LogP contribution in [0.2, 0.25) is 0 Å². The molecule has 120 valence electrons. The first kappa shape index (κ1) is 14.4. The molecule has 1 amide bonds. The molecule has 4 heterocycles. The average molecular weight is 312 g/mol. The van der Waals surface area contributed by atoms with Crippen LogP contribution >= 0.6 is 0 Å². The topological polar surface area (TPSA) is 71.3 Å². The summed E-state index contributed by atoms with van der Waals surface area (Å²) in [6, 6.07) is 8.62. The van der Waals surface area contributed by atoms with Gasteiger partial charge >= 0.3 is 0 Å². The van der Waals surface area contributed by atoms with Crippen molar-refractivity contribution >= 4 is 5.91 Å². The van der Waals surface area contributed by atoms with Crippen LogP contribution in [-0.2, 0) is 0 Å². The summed E-state index contributed by atoms with van der Waals surface area (Å²) in [5.41, 5.74) is 1.30. The minimum absolute atomic E-state index is 0.106. The minimum atomic E-state index is -0.106. The second-order valence-electron chi connectivity index (χ2n) is 6.47. The van der Waals surface area contributed by atoms with Crippen molar-refractivity contribution in [3.05, 3.63) is 36.2 Å². The zero-order chi connectivity index (χ0) is 15.8. The van der Waals surface area contributed by atoms with Gasteiger partial charge in [-0.1, -0.05) is 11.2 Å². The lowest BCUT2D eigenvalue weighted by Crippen LogP contribution is -2.48. The summed E-state index contributed by atoms with van der Waals surface area (Å²) in [6.07, 6.45) is 6.16. The fourth-order valence-corrected chi connectivity index (χ4v) is 3.69. The van der Waals surface area contributed by atoms with Gasteiger partial charge in [0.1, 0.15) is 5.69 Å². The number of piperidine rings is 1. The number of nitrogens with zero attached hydrogens (tertiary/aromatic N) is 3. The van der Waals surface area contributed by atoms with E-state index in [0.717, 1.165) is 12.8 Å². The van der Waals surface area contributed by atoms with Gasteiger partial charge in [0, 0.05) is 37.4 Å². The first-order valence-electron chi connectivity index (χ1n) is 8.12. The highest BCUT2D eigenvalue weighted by atomic mass is 16.5. The first-order valence-corrected chi connectivity index (χ1v) is 8.12. The Labute approximate surface area is 134 Å². The van der Waals surface area contributed by atoms with Crippen molar-refractivity contribution < 1.29 is 9.32 Å². The van der Waals surface area contributed by atoms with Gasteiger partial charge in [0.25, 0.3) is 5.91 Å². The molecule has 2 atom stereocenters. The largest absolute Gasteiger partial charge is 0.350 e. The predicted molar refractivity (Wildman–Crippen MR) is 84.8 cm³/mol. The van der Waals surface area contributed by atoms with Crippen LogP contribution in [0.5, 0.6) is 0 Å². The highest BCUT2D eigenvalue weighted by Gasteiger charge is 2.37. The van der Waals surface area contributed by atoms with Gasteiger partial charge in [-0.2, -0.15) is 0 Å². The molecule has 0 spiro atoms. The highest BCUT2D eigenvalue weighted by Crippen LogP contribution is 2.30. The smallest absolute Gasteiger partial charge is 0.292 e. The molecule has 6 heteroatoms. The van der Waals surface area contributed by atoms with Crippen LogP contribution in [0.15, 0.2) is 35.0 Å². The maximum atomic E-state index is 12.7. The number of fused-ring (bicyclic) bond motifs is 2. The monoisotopic (exact) mass is 312 g/mol. The maximum absolute atomic E-state index is 12.7. The van der Waals surface area contributed by atoms with Crippen molar-refractivity contribution in [2.75, 3.05) is 7.05 Å². The zero-order valence-corrected chi connectivity index (χ0v) is 13.1. The Kier molecular flexibility index (Phi) is 3.61. The molecule has 2 saturated heterocycles. The molecule has 2 aromatic rings. The minimum Gasteiger partial charge on any atom is -0.350 e. The number of nitrogens with one attached hydrogen (secondary N) is 1. The SMILES string of the molecule is CN(C(=O)c1cc(-c2ccccn2)no1)C1CC2CCC(C1)N2. The van der Waals surface area contributed by atoms with E-state index in [0.29, 0.717) is 23.5 Å². The summed E-state index contributed by atoms with van der Waals surface area (Å²) in [6.45, 7) is 0. The van der Waals surface area contributed by atoms with E-state index in [2.05, 4.69) is 15.5 Å².